The van der Waals surface area contributed by atoms with Gasteiger partial charge in [0, 0.05) is 32.9 Å². The summed E-state index contributed by atoms with van der Waals surface area (Å²) in [7, 11) is 2.12. The zero-order chi connectivity index (χ0) is 17.7. The van der Waals surface area contributed by atoms with Crippen molar-refractivity contribution in [3.63, 3.8) is 0 Å². The molecule has 2 rings (SSSR count). The van der Waals surface area contributed by atoms with Crippen molar-refractivity contribution in [2.75, 3.05) is 20.1 Å². The van der Waals surface area contributed by atoms with Gasteiger partial charge in [-0.1, -0.05) is 25.5 Å². The average Bonchev–Trinajstić information content (AvgIpc) is 2.92. The minimum Gasteiger partial charge on any atom is -0.426 e. The van der Waals surface area contributed by atoms with Crippen LogP contribution >= 0.6 is 0 Å². The van der Waals surface area contributed by atoms with Gasteiger partial charge in [0.25, 0.3) is 0 Å². The van der Waals surface area contributed by atoms with E-state index in [1.807, 2.05) is 6.92 Å². The van der Waals surface area contributed by atoms with Crippen LogP contribution < -0.4 is 0 Å². The summed E-state index contributed by atoms with van der Waals surface area (Å²) < 4.78 is 5.58. The quantitative estimate of drug-likeness (QED) is 0.714. The Morgan fingerprint density at radius 1 is 1.38 bits per heavy atom. The Morgan fingerprint density at radius 3 is 2.71 bits per heavy atom. The van der Waals surface area contributed by atoms with Gasteiger partial charge in [0.1, 0.15) is 0 Å². The number of nitriles is 1. The fourth-order valence-electron chi connectivity index (χ4n) is 3.81. The zero-order valence-corrected chi connectivity index (χ0v) is 15.6. The molecule has 0 bridgehead atoms. The van der Waals surface area contributed by atoms with Crippen LogP contribution in [0.15, 0.2) is 16.1 Å². The second-order valence-corrected chi connectivity index (χ2v) is 7.50. The number of hydrogen-bond donors (Lipinski definition) is 0. The predicted molar refractivity (Wildman–Crippen MR) is 94.1 cm³/mol. The highest BCUT2D eigenvalue weighted by molar-refractivity contribution is 5.14. The normalized spacial score (nSPS) is 24.2. The van der Waals surface area contributed by atoms with Crippen LogP contribution in [-0.2, 0) is 6.42 Å². The van der Waals surface area contributed by atoms with Crippen molar-refractivity contribution in [2.24, 2.45) is 23.7 Å². The van der Waals surface area contributed by atoms with Gasteiger partial charge in [0.15, 0.2) is 0 Å². The zero-order valence-electron chi connectivity index (χ0n) is 15.6. The molecule has 0 radical (unpaired) electrons. The van der Waals surface area contributed by atoms with Crippen LogP contribution in [0.25, 0.3) is 0 Å². The third-order valence-corrected chi connectivity index (χ3v) is 5.20. The lowest BCUT2D eigenvalue weighted by molar-refractivity contribution is 0.177. The molecule has 0 aliphatic heterocycles. The van der Waals surface area contributed by atoms with Gasteiger partial charge in [-0.2, -0.15) is 5.26 Å². The molecular formula is C19H30N4O. The molecule has 1 aliphatic rings. The first-order valence-corrected chi connectivity index (χ1v) is 8.93. The Kier molecular flexibility index (Phi) is 6.56. The molecule has 5 nitrogen and oxygen atoms in total. The minimum atomic E-state index is 0.484. The second kappa shape index (κ2) is 8.43. The molecular weight excluding hydrogens is 300 g/mol. The summed E-state index contributed by atoms with van der Waals surface area (Å²) in [6.45, 7) is 10.6. The van der Waals surface area contributed by atoms with Gasteiger partial charge in [-0.3, -0.25) is 0 Å². The number of aryl methyl sites for hydroxylation is 1. The van der Waals surface area contributed by atoms with Crippen LogP contribution in [0.2, 0.25) is 0 Å². The predicted octanol–water partition coefficient (Wildman–Crippen LogP) is 3.62. The monoisotopic (exact) mass is 330 g/mol. The largest absolute Gasteiger partial charge is 0.426 e. The topological polar surface area (TPSA) is 66.0 Å². The number of aromatic nitrogens is 2. The summed E-state index contributed by atoms with van der Waals surface area (Å²) in [5.74, 6) is 3.70. The summed E-state index contributed by atoms with van der Waals surface area (Å²) in [5, 5.41) is 16.9. The van der Waals surface area contributed by atoms with Gasteiger partial charge in [-0.05, 0) is 44.1 Å². The third-order valence-electron chi connectivity index (χ3n) is 5.20. The molecule has 1 aromatic heterocycles. The molecule has 1 aromatic rings. The van der Waals surface area contributed by atoms with Crippen molar-refractivity contribution >= 4 is 0 Å². The molecule has 0 N–H and O–H groups in total. The lowest BCUT2D eigenvalue weighted by Crippen LogP contribution is -2.36. The van der Waals surface area contributed by atoms with Crippen molar-refractivity contribution in [1.29, 1.82) is 5.26 Å². The smallest absolute Gasteiger partial charge is 0.217 e. The van der Waals surface area contributed by atoms with Gasteiger partial charge in [0.05, 0.1) is 6.07 Å². The van der Waals surface area contributed by atoms with Gasteiger partial charge < -0.3 is 9.32 Å². The Morgan fingerprint density at radius 2 is 2.12 bits per heavy atom. The second-order valence-electron chi connectivity index (χ2n) is 7.50. The molecule has 1 aliphatic carbocycles. The molecule has 24 heavy (non-hydrogen) atoms. The van der Waals surface area contributed by atoms with E-state index in [9.17, 15) is 0 Å². The first kappa shape index (κ1) is 18.7. The molecule has 0 saturated carbocycles. The van der Waals surface area contributed by atoms with Gasteiger partial charge in [-0.15, -0.1) is 10.2 Å². The highest BCUT2D eigenvalue weighted by atomic mass is 16.4. The molecule has 0 aromatic carbocycles. The lowest BCUT2D eigenvalue weighted by atomic mass is 9.69. The molecule has 0 saturated heterocycles. The fraction of sp³-hybridized carbons (Fsp3) is 0.737. The maximum absolute atomic E-state index is 8.77. The Bertz CT molecular complexity index is 599. The van der Waals surface area contributed by atoms with E-state index in [4.69, 9.17) is 9.68 Å². The van der Waals surface area contributed by atoms with E-state index in [1.54, 1.807) is 0 Å². The van der Waals surface area contributed by atoms with Crippen LogP contribution in [0.4, 0.5) is 0 Å². The average molecular weight is 330 g/mol. The number of rotatable bonds is 7. The van der Waals surface area contributed by atoms with Crippen LogP contribution in [0.3, 0.4) is 0 Å². The fourth-order valence-corrected chi connectivity index (χ4v) is 3.81. The standard InChI is InChI=1S/C19H30N4O/c1-13(2)18-10-16(11-19-22-21-15(4)24-19)14(3)9-17(18)12-23(5)8-6-7-20/h9,13,16-18H,6,8,10-12H2,1-5H3. The van der Waals surface area contributed by atoms with E-state index in [1.165, 1.54) is 5.57 Å². The minimum absolute atomic E-state index is 0.484. The highest BCUT2D eigenvalue weighted by Gasteiger charge is 2.32. The molecule has 5 heteroatoms. The van der Waals surface area contributed by atoms with Crippen molar-refractivity contribution in [1.82, 2.24) is 15.1 Å². The summed E-state index contributed by atoms with van der Waals surface area (Å²) >= 11 is 0. The summed E-state index contributed by atoms with van der Waals surface area (Å²) in [6, 6.07) is 2.23. The lowest BCUT2D eigenvalue weighted by Gasteiger charge is -2.38. The van der Waals surface area contributed by atoms with E-state index in [0.29, 0.717) is 36.0 Å². The van der Waals surface area contributed by atoms with Crippen LogP contribution in [0, 0.1) is 41.9 Å². The van der Waals surface area contributed by atoms with Gasteiger partial charge in [0.2, 0.25) is 11.8 Å². The Labute approximate surface area is 145 Å². The molecule has 0 spiro atoms. The highest BCUT2D eigenvalue weighted by Crippen LogP contribution is 2.39. The maximum atomic E-state index is 8.77. The van der Waals surface area contributed by atoms with Crippen molar-refractivity contribution < 1.29 is 4.42 Å². The van der Waals surface area contributed by atoms with Crippen molar-refractivity contribution in [2.45, 2.75) is 47.0 Å². The first-order chi connectivity index (χ1) is 11.4. The maximum Gasteiger partial charge on any atom is 0.217 e. The van der Waals surface area contributed by atoms with Crippen molar-refractivity contribution in [3.05, 3.63) is 23.4 Å². The summed E-state index contributed by atoms with van der Waals surface area (Å²) in [6.07, 6.45) is 5.05. The van der Waals surface area contributed by atoms with Crippen LogP contribution in [-0.4, -0.2) is 35.2 Å². The molecule has 1 heterocycles. The number of hydrogen-bond acceptors (Lipinski definition) is 5. The van der Waals surface area contributed by atoms with E-state index in [2.05, 4.69) is 55.1 Å². The Hall–Kier alpha value is -1.67. The molecule has 3 unspecified atom stereocenters. The Balaban J connectivity index is 2.07. The molecule has 3 atom stereocenters. The third kappa shape index (κ3) is 4.91. The van der Waals surface area contributed by atoms with E-state index in [-0.39, 0.29) is 0 Å². The van der Waals surface area contributed by atoms with E-state index < -0.39 is 0 Å². The molecule has 132 valence electrons. The first-order valence-electron chi connectivity index (χ1n) is 8.93. The van der Waals surface area contributed by atoms with Crippen LogP contribution in [0.1, 0.15) is 45.4 Å². The summed E-state index contributed by atoms with van der Waals surface area (Å²) in [4.78, 5) is 2.29. The molecule has 0 fully saturated rings. The van der Waals surface area contributed by atoms with Gasteiger partial charge in [-0.25, -0.2) is 0 Å². The van der Waals surface area contributed by atoms with Crippen molar-refractivity contribution in [3.8, 4) is 6.07 Å². The number of nitrogens with zero attached hydrogens (tertiary/aromatic N) is 4. The van der Waals surface area contributed by atoms with E-state index in [0.717, 1.165) is 31.8 Å². The SMILES string of the molecule is CC1=CC(CN(C)CCC#N)C(C(C)C)CC1Cc1nnc(C)o1. The molecule has 0 amide bonds. The van der Waals surface area contributed by atoms with Gasteiger partial charge >= 0.3 is 0 Å². The summed E-state index contributed by atoms with van der Waals surface area (Å²) in [5.41, 5.74) is 1.43. The van der Waals surface area contributed by atoms with E-state index >= 15 is 0 Å². The number of allylic oxidation sites excluding steroid dienone is 1. The van der Waals surface area contributed by atoms with Crippen LogP contribution in [0.5, 0.6) is 0 Å².